The summed E-state index contributed by atoms with van der Waals surface area (Å²) in [7, 11) is 0. The molecule has 0 unspecified atom stereocenters. The van der Waals surface area contributed by atoms with E-state index in [0.29, 0.717) is 30.4 Å². The molecule has 2 fully saturated rings. The molecule has 0 bridgehead atoms. The van der Waals surface area contributed by atoms with Crippen molar-refractivity contribution in [2.24, 2.45) is 10.8 Å². The van der Waals surface area contributed by atoms with Crippen molar-refractivity contribution in [2.75, 3.05) is 0 Å². The highest BCUT2D eigenvalue weighted by Crippen LogP contribution is 2.51. The van der Waals surface area contributed by atoms with Gasteiger partial charge in [-0.15, -0.1) is 0 Å². The number of phenolic OH excluding ortho intramolecular Hbond substituents is 3. The van der Waals surface area contributed by atoms with Crippen LogP contribution < -0.4 is 0 Å². The SMILES string of the molecule is O=C(O)C1(CCCCCCc2c(O)cc(O)c(O)c2CCCCCC2(C(=O)O)CC2)CC1. The van der Waals surface area contributed by atoms with Gasteiger partial charge in [0.2, 0.25) is 0 Å². The van der Waals surface area contributed by atoms with Crippen LogP contribution in [0.25, 0.3) is 0 Å². The largest absolute Gasteiger partial charge is 0.508 e. The number of carbonyl (C=O) groups is 2. The minimum absolute atomic E-state index is 0.0130. The van der Waals surface area contributed by atoms with Gasteiger partial charge in [0.1, 0.15) is 5.75 Å². The number of phenols is 3. The topological polar surface area (TPSA) is 135 Å². The van der Waals surface area contributed by atoms with E-state index in [4.69, 9.17) is 0 Å². The minimum Gasteiger partial charge on any atom is -0.508 e. The van der Waals surface area contributed by atoms with Gasteiger partial charge >= 0.3 is 11.9 Å². The van der Waals surface area contributed by atoms with Crippen molar-refractivity contribution < 1.29 is 35.1 Å². The highest BCUT2D eigenvalue weighted by molar-refractivity contribution is 5.78. The number of hydrogen-bond acceptors (Lipinski definition) is 5. The summed E-state index contributed by atoms with van der Waals surface area (Å²) in [5, 5.41) is 49.1. The number of carboxylic acid groups (broad SMARTS) is 2. The number of aromatic hydroxyl groups is 3. The smallest absolute Gasteiger partial charge is 0.309 e. The van der Waals surface area contributed by atoms with Crippen LogP contribution in [0, 0.1) is 10.8 Å². The molecule has 0 saturated heterocycles. The summed E-state index contributed by atoms with van der Waals surface area (Å²) in [5.41, 5.74) is 0.247. The summed E-state index contributed by atoms with van der Waals surface area (Å²) in [4.78, 5) is 22.5. The average Bonchev–Trinajstić information content (AvgIpc) is 3.65. The highest BCUT2D eigenvalue weighted by atomic mass is 16.4. The van der Waals surface area contributed by atoms with Crippen molar-refractivity contribution in [3.8, 4) is 17.2 Å². The summed E-state index contributed by atoms with van der Waals surface area (Å²) < 4.78 is 0. The van der Waals surface area contributed by atoms with Crippen LogP contribution in [0.1, 0.15) is 94.6 Å². The lowest BCUT2D eigenvalue weighted by Gasteiger charge is -2.15. The van der Waals surface area contributed by atoms with Crippen LogP contribution in [0.15, 0.2) is 6.07 Å². The molecule has 2 aliphatic carbocycles. The Bertz CT molecular complexity index is 837. The number of benzene rings is 1. The molecule has 2 aliphatic rings. The molecule has 1 aromatic carbocycles. The van der Waals surface area contributed by atoms with Crippen molar-refractivity contribution in [2.45, 2.75) is 96.3 Å². The summed E-state index contributed by atoms with van der Waals surface area (Å²) in [5.74, 6) is -1.90. The van der Waals surface area contributed by atoms with Gasteiger partial charge in [-0.3, -0.25) is 9.59 Å². The Morgan fingerprint density at radius 1 is 0.656 bits per heavy atom. The zero-order valence-corrected chi connectivity index (χ0v) is 18.7. The zero-order valence-electron chi connectivity index (χ0n) is 18.7. The Labute approximate surface area is 189 Å². The van der Waals surface area contributed by atoms with Crippen molar-refractivity contribution >= 4 is 11.9 Å². The first kappa shape index (κ1) is 24.2. The molecule has 32 heavy (non-hydrogen) atoms. The third-order valence-electron chi connectivity index (χ3n) is 7.50. The lowest BCUT2D eigenvalue weighted by molar-refractivity contribution is -0.144. The molecule has 7 nitrogen and oxygen atoms in total. The highest BCUT2D eigenvalue weighted by Gasteiger charge is 2.49. The van der Waals surface area contributed by atoms with E-state index in [1.54, 1.807) is 0 Å². The third kappa shape index (κ3) is 5.67. The minimum atomic E-state index is -0.703. The molecule has 1 aromatic rings. The predicted molar refractivity (Wildman–Crippen MR) is 119 cm³/mol. The predicted octanol–water partition coefficient (Wildman–Crippen LogP) is 5.13. The number of rotatable bonds is 15. The van der Waals surface area contributed by atoms with E-state index >= 15 is 0 Å². The fourth-order valence-corrected chi connectivity index (χ4v) is 4.79. The summed E-state index contributed by atoms with van der Waals surface area (Å²) >= 11 is 0. The van der Waals surface area contributed by atoms with E-state index in [2.05, 4.69) is 0 Å². The Balaban J connectivity index is 1.44. The van der Waals surface area contributed by atoms with Gasteiger partial charge in [-0.05, 0) is 64.2 Å². The molecular formula is C25H36O7. The number of aliphatic carboxylic acids is 2. The fourth-order valence-electron chi connectivity index (χ4n) is 4.79. The molecule has 0 atom stereocenters. The maximum Gasteiger partial charge on any atom is 0.309 e. The Kier molecular flexibility index (Phi) is 7.57. The van der Waals surface area contributed by atoms with E-state index < -0.39 is 22.8 Å². The lowest BCUT2D eigenvalue weighted by Crippen LogP contribution is -2.14. The number of hydrogen-bond donors (Lipinski definition) is 5. The number of carboxylic acids is 2. The van der Waals surface area contributed by atoms with E-state index in [1.165, 1.54) is 6.07 Å². The standard InChI is InChI=1S/C25H36O7/c26-19-16-20(27)21(28)18(9-5-3-7-11-25(14-15-25)23(31)32)17(19)8-4-1-2-6-10-24(12-13-24)22(29)30/h16,26-28H,1-15H2,(H,29,30)(H,31,32). The molecular weight excluding hydrogens is 412 g/mol. The lowest BCUT2D eigenvalue weighted by atomic mass is 9.92. The maximum absolute atomic E-state index is 11.3. The zero-order chi connectivity index (χ0) is 23.4. The van der Waals surface area contributed by atoms with Crippen LogP contribution >= 0.6 is 0 Å². The van der Waals surface area contributed by atoms with Gasteiger partial charge < -0.3 is 25.5 Å². The molecule has 0 heterocycles. The van der Waals surface area contributed by atoms with Crippen LogP contribution in [0.5, 0.6) is 17.2 Å². The molecule has 3 rings (SSSR count). The van der Waals surface area contributed by atoms with Crippen molar-refractivity contribution in [1.82, 2.24) is 0 Å². The van der Waals surface area contributed by atoms with Crippen molar-refractivity contribution in [3.63, 3.8) is 0 Å². The molecule has 0 spiro atoms. The van der Waals surface area contributed by atoms with Gasteiger partial charge in [-0.2, -0.15) is 0 Å². The summed E-state index contributed by atoms with van der Waals surface area (Å²) in [6, 6.07) is 1.18. The van der Waals surface area contributed by atoms with Crippen LogP contribution in [0.4, 0.5) is 0 Å². The molecule has 0 aliphatic heterocycles. The molecule has 0 amide bonds. The van der Waals surface area contributed by atoms with Crippen molar-refractivity contribution in [1.29, 1.82) is 0 Å². The average molecular weight is 449 g/mol. The summed E-state index contributed by atoms with van der Waals surface area (Å²) in [6.07, 6.45) is 11.5. The van der Waals surface area contributed by atoms with E-state index in [0.717, 1.165) is 77.0 Å². The van der Waals surface area contributed by atoms with Crippen LogP contribution in [-0.4, -0.2) is 37.5 Å². The monoisotopic (exact) mass is 448 g/mol. The molecule has 0 aromatic heterocycles. The van der Waals surface area contributed by atoms with E-state index in [9.17, 15) is 35.1 Å². The van der Waals surface area contributed by atoms with E-state index in [-0.39, 0.29) is 17.2 Å². The van der Waals surface area contributed by atoms with Gasteiger partial charge in [-0.25, -0.2) is 0 Å². The van der Waals surface area contributed by atoms with Gasteiger partial charge in [0.05, 0.1) is 10.8 Å². The van der Waals surface area contributed by atoms with Crippen LogP contribution in [0.3, 0.4) is 0 Å². The second-order valence-electron chi connectivity index (χ2n) is 9.87. The first-order valence-corrected chi connectivity index (χ1v) is 11.9. The van der Waals surface area contributed by atoms with Crippen LogP contribution in [0.2, 0.25) is 0 Å². The summed E-state index contributed by atoms with van der Waals surface area (Å²) in [6.45, 7) is 0. The molecule has 5 N–H and O–H groups in total. The second-order valence-corrected chi connectivity index (χ2v) is 9.87. The fraction of sp³-hybridized carbons (Fsp3) is 0.680. The van der Waals surface area contributed by atoms with Crippen molar-refractivity contribution in [3.05, 3.63) is 17.2 Å². The first-order valence-electron chi connectivity index (χ1n) is 11.9. The quantitative estimate of drug-likeness (QED) is 0.143. The first-order chi connectivity index (χ1) is 15.2. The normalized spacial score (nSPS) is 17.8. The van der Waals surface area contributed by atoms with Gasteiger partial charge in [0.25, 0.3) is 0 Å². The Morgan fingerprint density at radius 2 is 1.09 bits per heavy atom. The molecule has 178 valence electrons. The van der Waals surface area contributed by atoms with E-state index in [1.807, 2.05) is 0 Å². The van der Waals surface area contributed by atoms with Gasteiger partial charge in [0, 0.05) is 17.2 Å². The Morgan fingerprint density at radius 3 is 1.56 bits per heavy atom. The Hall–Kier alpha value is -2.44. The maximum atomic E-state index is 11.3. The van der Waals surface area contributed by atoms with Gasteiger partial charge in [-0.1, -0.05) is 32.1 Å². The molecule has 2 saturated carbocycles. The van der Waals surface area contributed by atoms with Gasteiger partial charge in [0.15, 0.2) is 11.5 Å². The third-order valence-corrected chi connectivity index (χ3v) is 7.50. The second kappa shape index (κ2) is 10.0. The molecule has 7 heteroatoms. The number of unbranched alkanes of at least 4 members (excludes halogenated alkanes) is 5. The molecule has 0 radical (unpaired) electrons. The van der Waals surface area contributed by atoms with Crippen LogP contribution in [-0.2, 0) is 22.4 Å².